The van der Waals surface area contributed by atoms with Gasteiger partial charge in [-0.3, -0.25) is 9.78 Å². The highest BCUT2D eigenvalue weighted by atomic mass is 16.5. The second-order valence-electron chi connectivity index (χ2n) is 10.9. The highest BCUT2D eigenvalue weighted by Gasteiger charge is 2.30. The van der Waals surface area contributed by atoms with Gasteiger partial charge in [-0.2, -0.15) is 10.4 Å². The Labute approximate surface area is 250 Å². The van der Waals surface area contributed by atoms with Gasteiger partial charge >= 0.3 is 0 Å². The Morgan fingerprint density at radius 1 is 1.14 bits per heavy atom. The second kappa shape index (κ2) is 12.9. The largest absolute Gasteiger partial charge is 0.489 e. The van der Waals surface area contributed by atoms with Crippen LogP contribution in [-0.4, -0.2) is 60.4 Å². The Morgan fingerprint density at radius 2 is 1.91 bits per heavy atom. The van der Waals surface area contributed by atoms with Crippen LogP contribution in [0.15, 0.2) is 61.5 Å². The van der Waals surface area contributed by atoms with Gasteiger partial charge in [-0.05, 0) is 38.8 Å². The maximum atomic E-state index is 13.0. The van der Waals surface area contributed by atoms with Crippen molar-refractivity contribution >= 4 is 17.2 Å². The molecule has 224 valence electrons. The molecule has 0 aliphatic rings. The fourth-order valence-corrected chi connectivity index (χ4v) is 4.55. The first-order valence-corrected chi connectivity index (χ1v) is 13.9. The molecule has 4 aromatic heterocycles. The summed E-state index contributed by atoms with van der Waals surface area (Å²) in [6, 6.07) is 7.23. The highest BCUT2D eigenvalue weighted by Crippen LogP contribution is 2.30. The van der Waals surface area contributed by atoms with Crippen molar-refractivity contribution in [3.05, 3.63) is 72.6 Å². The number of hydrogen-bond donors (Lipinski definition) is 3. The molecule has 0 spiro atoms. The molecule has 0 aromatic carbocycles. The number of pyridine rings is 2. The lowest BCUT2D eigenvalue weighted by molar-refractivity contribution is 0.0283. The lowest BCUT2D eigenvalue weighted by atomic mass is 9.87. The van der Waals surface area contributed by atoms with E-state index in [0.29, 0.717) is 70.3 Å². The van der Waals surface area contributed by atoms with Gasteiger partial charge < -0.3 is 25.2 Å². The molecule has 1 amide bonds. The van der Waals surface area contributed by atoms with Gasteiger partial charge in [0.05, 0.1) is 59.8 Å². The van der Waals surface area contributed by atoms with E-state index in [2.05, 4.69) is 43.3 Å². The van der Waals surface area contributed by atoms with Gasteiger partial charge in [-0.1, -0.05) is 20.4 Å². The number of nitriles is 1. The van der Waals surface area contributed by atoms with Crippen LogP contribution < -0.4 is 20.1 Å². The monoisotopic (exact) mass is 584 g/mol. The molecule has 3 N–H and O–H groups in total. The number of aliphatic hydroxyl groups is 1. The predicted molar refractivity (Wildman–Crippen MR) is 162 cm³/mol. The molecular formula is C31H36N8O4. The lowest BCUT2D eigenvalue weighted by Gasteiger charge is -2.34. The standard InChI is InChI=1S/C31H36N8O4/c1-7-31(8-2,38-29(40)21-9-10-27(42-6)35-14-21)12-20(3)37-26-17-33-25(16-34-26)24-11-23(43-19-30(4,5)41)18-39-28(24)22(13-32)15-36-39/h9-11,14-18,41H,3,7-8,12,19H2,1-2,4-6H3,(H,34,37)(H,38,40). The van der Waals surface area contributed by atoms with Gasteiger partial charge in [0.15, 0.2) is 0 Å². The number of nitrogens with zero attached hydrogens (tertiary/aromatic N) is 6. The quantitative estimate of drug-likeness (QED) is 0.204. The lowest BCUT2D eigenvalue weighted by Crippen LogP contribution is -2.48. The van der Waals surface area contributed by atoms with E-state index in [0.717, 1.165) is 0 Å². The van der Waals surface area contributed by atoms with Crippen LogP contribution >= 0.6 is 0 Å². The van der Waals surface area contributed by atoms with Crippen LogP contribution in [0.1, 0.15) is 62.9 Å². The molecule has 0 saturated heterocycles. The molecule has 4 rings (SSSR count). The predicted octanol–water partition coefficient (Wildman–Crippen LogP) is 4.52. The third-order valence-corrected chi connectivity index (χ3v) is 7.02. The number of hydrogen-bond acceptors (Lipinski definition) is 10. The van der Waals surface area contributed by atoms with Crippen molar-refractivity contribution in [2.75, 3.05) is 19.0 Å². The molecule has 0 fully saturated rings. The van der Waals surface area contributed by atoms with Crippen molar-refractivity contribution in [1.29, 1.82) is 5.26 Å². The van der Waals surface area contributed by atoms with E-state index in [-0.39, 0.29) is 12.5 Å². The third-order valence-electron chi connectivity index (χ3n) is 7.02. The highest BCUT2D eigenvalue weighted by molar-refractivity contribution is 5.94. The fraction of sp³-hybridized carbons (Fsp3) is 0.355. The van der Waals surface area contributed by atoms with Gasteiger partial charge in [-0.25, -0.2) is 14.5 Å². The van der Waals surface area contributed by atoms with Crippen LogP contribution in [-0.2, 0) is 0 Å². The molecule has 0 unspecified atom stereocenters. The zero-order chi connectivity index (χ0) is 31.2. The number of rotatable bonds is 13. The Morgan fingerprint density at radius 3 is 2.49 bits per heavy atom. The average molecular weight is 585 g/mol. The van der Waals surface area contributed by atoms with Gasteiger partial charge in [0.2, 0.25) is 5.88 Å². The van der Waals surface area contributed by atoms with E-state index in [4.69, 9.17) is 9.47 Å². The molecule has 0 atom stereocenters. The zero-order valence-electron chi connectivity index (χ0n) is 25.0. The first-order valence-electron chi connectivity index (χ1n) is 13.9. The van der Waals surface area contributed by atoms with Crippen molar-refractivity contribution in [2.45, 2.75) is 58.1 Å². The normalized spacial score (nSPS) is 11.6. The van der Waals surface area contributed by atoms with Gasteiger partial charge in [0, 0.05) is 35.5 Å². The minimum Gasteiger partial charge on any atom is -0.489 e. The van der Waals surface area contributed by atoms with E-state index in [1.165, 1.54) is 19.5 Å². The summed E-state index contributed by atoms with van der Waals surface area (Å²) in [5, 5.41) is 30.4. The van der Waals surface area contributed by atoms with Crippen LogP contribution in [0.5, 0.6) is 11.6 Å². The number of anilines is 1. The van der Waals surface area contributed by atoms with Gasteiger partial charge in [0.1, 0.15) is 24.2 Å². The summed E-state index contributed by atoms with van der Waals surface area (Å²) in [5.74, 6) is 1.13. The minimum absolute atomic E-state index is 0.0649. The summed E-state index contributed by atoms with van der Waals surface area (Å²) in [4.78, 5) is 26.3. The molecule has 12 nitrogen and oxygen atoms in total. The summed E-state index contributed by atoms with van der Waals surface area (Å²) >= 11 is 0. The first kappa shape index (κ1) is 30.9. The van der Waals surface area contributed by atoms with E-state index in [1.807, 2.05) is 13.8 Å². The number of ether oxygens (including phenoxy) is 2. The van der Waals surface area contributed by atoms with E-state index in [9.17, 15) is 15.2 Å². The number of carbonyl (C=O) groups excluding carboxylic acids is 1. The molecule has 0 aliphatic heterocycles. The first-order chi connectivity index (χ1) is 20.5. The Kier molecular flexibility index (Phi) is 9.26. The molecule has 4 aromatic rings. The Balaban J connectivity index is 1.51. The van der Waals surface area contributed by atoms with Crippen LogP contribution in [0, 0.1) is 11.3 Å². The molecular weight excluding hydrogens is 548 g/mol. The molecule has 0 radical (unpaired) electrons. The van der Waals surface area contributed by atoms with Crippen molar-refractivity contribution in [3.8, 4) is 29.0 Å². The van der Waals surface area contributed by atoms with E-state index < -0.39 is 11.1 Å². The summed E-state index contributed by atoms with van der Waals surface area (Å²) in [6.45, 7) is 11.6. The number of aromatic nitrogens is 5. The number of nitrogens with one attached hydrogen (secondary N) is 2. The topological polar surface area (TPSA) is 160 Å². The SMILES string of the molecule is C=C(CC(CC)(CC)NC(=O)c1ccc(OC)nc1)Nc1cnc(-c2cc(OCC(C)(C)O)cn3ncc(C#N)c23)cn1. The van der Waals surface area contributed by atoms with Gasteiger partial charge in [0.25, 0.3) is 5.91 Å². The molecule has 0 bridgehead atoms. The van der Waals surface area contributed by atoms with Crippen molar-refractivity contribution in [2.24, 2.45) is 0 Å². The molecule has 0 aliphatic carbocycles. The van der Waals surface area contributed by atoms with Crippen LogP contribution in [0.2, 0.25) is 0 Å². The molecule has 4 heterocycles. The summed E-state index contributed by atoms with van der Waals surface area (Å²) < 4.78 is 12.4. The maximum absolute atomic E-state index is 13.0. The Hall–Kier alpha value is -5.02. The average Bonchev–Trinajstić information content (AvgIpc) is 3.42. The van der Waals surface area contributed by atoms with Crippen LogP contribution in [0.4, 0.5) is 5.82 Å². The summed E-state index contributed by atoms with van der Waals surface area (Å²) in [7, 11) is 1.52. The fourth-order valence-electron chi connectivity index (χ4n) is 4.55. The maximum Gasteiger partial charge on any atom is 0.253 e. The van der Waals surface area contributed by atoms with Crippen LogP contribution in [0.3, 0.4) is 0 Å². The molecule has 12 heteroatoms. The van der Waals surface area contributed by atoms with Crippen molar-refractivity contribution < 1.29 is 19.4 Å². The zero-order valence-corrected chi connectivity index (χ0v) is 25.0. The summed E-state index contributed by atoms with van der Waals surface area (Å²) in [5.41, 5.74) is 1.57. The third kappa shape index (κ3) is 7.44. The van der Waals surface area contributed by atoms with E-state index in [1.54, 1.807) is 55.2 Å². The number of fused-ring (bicyclic) bond motifs is 1. The van der Waals surface area contributed by atoms with Crippen molar-refractivity contribution in [1.82, 2.24) is 29.9 Å². The van der Waals surface area contributed by atoms with E-state index >= 15 is 0 Å². The van der Waals surface area contributed by atoms with Crippen LogP contribution in [0.25, 0.3) is 16.8 Å². The Bertz CT molecular complexity index is 1630. The second-order valence-corrected chi connectivity index (χ2v) is 10.9. The molecule has 43 heavy (non-hydrogen) atoms. The number of methoxy groups -OCH3 is 1. The smallest absolute Gasteiger partial charge is 0.253 e. The number of amides is 1. The van der Waals surface area contributed by atoms with Crippen molar-refractivity contribution in [3.63, 3.8) is 0 Å². The van der Waals surface area contributed by atoms with Gasteiger partial charge in [-0.15, -0.1) is 0 Å². The minimum atomic E-state index is -1.03. The summed E-state index contributed by atoms with van der Waals surface area (Å²) in [6.07, 6.45) is 9.59. The molecule has 0 saturated carbocycles. The number of carbonyl (C=O) groups is 1.